The summed E-state index contributed by atoms with van der Waals surface area (Å²) in [5.74, 6) is 0. The molecule has 4 nitrogen and oxygen atoms in total. The Balaban J connectivity index is 5.53. The first-order valence-electron chi connectivity index (χ1n) is 7.23. The molecule has 0 saturated heterocycles. The molecule has 0 N–H and O–H groups in total. The molecule has 0 aliphatic rings. The molecule has 21 heavy (non-hydrogen) atoms. The lowest BCUT2D eigenvalue weighted by Crippen LogP contribution is -2.34. The van der Waals surface area contributed by atoms with Crippen LogP contribution in [0.1, 0.15) is 27.7 Å². The summed E-state index contributed by atoms with van der Waals surface area (Å²) in [7, 11) is 2.60. The van der Waals surface area contributed by atoms with Crippen LogP contribution in [0.5, 0.6) is 0 Å². The molecule has 0 rings (SSSR count). The maximum atomic E-state index is 5.46. The fourth-order valence-corrected chi connectivity index (χ4v) is 9.90. The third kappa shape index (κ3) is 6.31. The molecule has 0 aromatic carbocycles. The van der Waals surface area contributed by atoms with Crippen LogP contribution in [0.15, 0.2) is 21.8 Å². The molecule has 0 aliphatic carbocycles. The highest BCUT2D eigenvalue weighted by Gasteiger charge is 2.29. The fourth-order valence-electron chi connectivity index (χ4n) is 2.49. The second kappa shape index (κ2) is 10.7. The van der Waals surface area contributed by atoms with Crippen molar-refractivity contribution in [3.63, 3.8) is 0 Å². The van der Waals surface area contributed by atoms with Crippen LogP contribution in [0.3, 0.4) is 0 Å². The average Bonchev–Trinajstić information content (AvgIpc) is 2.48. The molecule has 2 radical (unpaired) electrons. The van der Waals surface area contributed by atoms with Crippen LogP contribution >= 0.6 is 0 Å². The predicted molar refractivity (Wildman–Crippen MR) is 93.8 cm³/mol. The summed E-state index contributed by atoms with van der Waals surface area (Å²) >= 11 is 0. The van der Waals surface area contributed by atoms with Crippen molar-refractivity contribution in [1.29, 1.82) is 0 Å². The van der Waals surface area contributed by atoms with E-state index in [4.69, 9.17) is 17.7 Å². The molecule has 0 aromatic rings. The minimum absolute atomic E-state index is 1.16. The van der Waals surface area contributed by atoms with Gasteiger partial charge in [0.05, 0.1) is 0 Å². The molecule has 0 unspecified atom stereocenters. The molecular formula is C14H30O4Si3. The molecule has 0 amide bonds. The zero-order valence-electron chi connectivity index (χ0n) is 14.7. The third-order valence-electron chi connectivity index (χ3n) is 3.71. The van der Waals surface area contributed by atoms with E-state index in [1.54, 1.807) is 28.4 Å². The fraction of sp³-hybridized carbons (Fsp3) is 0.714. The Hall–Kier alpha value is -0.0294. The van der Waals surface area contributed by atoms with Gasteiger partial charge in [-0.3, -0.25) is 0 Å². The smallest absolute Gasteiger partial charge is 0.393 e. The Morgan fingerprint density at radius 3 is 1.24 bits per heavy atom. The van der Waals surface area contributed by atoms with Gasteiger partial charge in [0.25, 0.3) is 0 Å². The number of hydrogen-bond acceptors (Lipinski definition) is 4. The number of hydrogen-bond donors (Lipinski definition) is 0. The van der Waals surface area contributed by atoms with E-state index in [0.29, 0.717) is 0 Å². The molecule has 0 atom stereocenters. The molecule has 0 heterocycles. The molecule has 0 spiro atoms. The van der Waals surface area contributed by atoms with Crippen LogP contribution in [0, 0.1) is 0 Å². The average molecular weight is 347 g/mol. The molecule has 0 aromatic heterocycles. The lowest BCUT2D eigenvalue weighted by Gasteiger charge is -2.25. The maximum absolute atomic E-state index is 5.46. The van der Waals surface area contributed by atoms with Gasteiger partial charge in [0.2, 0.25) is 0 Å². The topological polar surface area (TPSA) is 36.9 Å². The van der Waals surface area contributed by atoms with Gasteiger partial charge in [-0.2, -0.15) is 0 Å². The monoisotopic (exact) mass is 346 g/mol. The summed E-state index contributed by atoms with van der Waals surface area (Å²) in [6, 6.07) is 2.31. The predicted octanol–water partition coefficient (Wildman–Crippen LogP) is 3.09. The molecular weight excluding hydrogens is 316 g/mol. The van der Waals surface area contributed by atoms with Crippen LogP contribution < -0.4 is 0 Å². The summed E-state index contributed by atoms with van der Waals surface area (Å²) in [5.41, 5.74) is 4.87. The van der Waals surface area contributed by atoms with Crippen molar-refractivity contribution in [2.75, 3.05) is 28.4 Å². The summed E-state index contributed by atoms with van der Waals surface area (Å²) in [6.45, 7) is 8.77. The third-order valence-corrected chi connectivity index (χ3v) is 12.0. The van der Waals surface area contributed by atoms with E-state index in [1.807, 2.05) is 0 Å². The normalized spacial score (nSPS) is 14.4. The lowest BCUT2D eigenvalue weighted by molar-refractivity contribution is 0.287. The summed E-state index contributed by atoms with van der Waals surface area (Å²) in [4.78, 5) is 0. The van der Waals surface area contributed by atoms with Crippen molar-refractivity contribution in [2.45, 2.75) is 39.8 Å². The summed E-state index contributed by atoms with van der Waals surface area (Å²) < 4.78 is 21.8. The first-order valence-corrected chi connectivity index (χ1v) is 12.4. The Labute approximate surface area is 134 Å². The number of allylic oxidation sites excluding steroid dienone is 2. The first-order chi connectivity index (χ1) is 9.93. The minimum Gasteiger partial charge on any atom is -0.393 e. The van der Waals surface area contributed by atoms with E-state index >= 15 is 0 Å². The standard InChI is InChI=1S/C14H30O4Si3/c1-9-21(10-2,11-13(3)19(15-5)16-6)12-14(4)20(17-7)18-8/h11-12H,9-10H2,1-8H3. The zero-order chi connectivity index (χ0) is 16.5. The summed E-state index contributed by atoms with van der Waals surface area (Å²) in [5, 5.41) is 2.49. The second-order valence-corrected chi connectivity index (χ2v) is 13.8. The quantitative estimate of drug-likeness (QED) is 0.570. The van der Waals surface area contributed by atoms with E-state index in [9.17, 15) is 0 Å². The van der Waals surface area contributed by atoms with Crippen LogP contribution in [-0.2, 0) is 17.7 Å². The van der Waals surface area contributed by atoms with Crippen LogP contribution in [0.2, 0.25) is 12.1 Å². The Kier molecular flexibility index (Phi) is 10.6. The van der Waals surface area contributed by atoms with Gasteiger partial charge in [-0.25, -0.2) is 0 Å². The van der Waals surface area contributed by atoms with Gasteiger partial charge in [-0.05, 0) is 24.2 Å². The van der Waals surface area contributed by atoms with Gasteiger partial charge in [0.15, 0.2) is 0 Å². The van der Waals surface area contributed by atoms with E-state index in [-0.39, 0.29) is 0 Å². The molecule has 7 heteroatoms. The van der Waals surface area contributed by atoms with Crippen LogP contribution in [-0.4, -0.2) is 55.1 Å². The highest BCUT2D eigenvalue weighted by molar-refractivity contribution is 6.90. The van der Waals surface area contributed by atoms with E-state index < -0.39 is 26.6 Å². The van der Waals surface area contributed by atoms with Gasteiger partial charge < -0.3 is 17.7 Å². The second-order valence-electron chi connectivity index (χ2n) is 4.99. The lowest BCUT2D eigenvalue weighted by atomic mass is 10.7. The van der Waals surface area contributed by atoms with Crippen molar-refractivity contribution in [3.8, 4) is 0 Å². The molecule has 0 bridgehead atoms. The maximum Gasteiger partial charge on any atom is 0.417 e. The van der Waals surface area contributed by atoms with Crippen molar-refractivity contribution < 1.29 is 17.7 Å². The molecule has 0 aliphatic heterocycles. The van der Waals surface area contributed by atoms with Gasteiger partial charge in [-0.1, -0.05) is 37.3 Å². The van der Waals surface area contributed by atoms with Gasteiger partial charge in [-0.15, -0.1) is 0 Å². The largest absolute Gasteiger partial charge is 0.417 e. The first kappa shape index (κ1) is 21.0. The van der Waals surface area contributed by atoms with Gasteiger partial charge >= 0.3 is 18.6 Å². The van der Waals surface area contributed by atoms with Gasteiger partial charge in [0.1, 0.15) is 8.07 Å². The Morgan fingerprint density at radius 2 is 1.05 bits per heavy atom. The SMILES string of the molecule is CC[Si](C=C(C)[Si](OC)OC)(C=C(C)[Si](OC)OC)CC. The van der Waals surface area contributed by atoms with Crippen LogP contribution in [0.25, 0.3) is 0 Å². The van der Waals surface area contributed by atoms with E-state index in [2.05, 4.69) is 39.1 Å². The van der Waals surface area contributed by atoms with Crippen molar-refractivity contribution >= 4 is 26.6 Å². The number of rotatable bonds is 10. The Morgan fingerprint density at radius 1 is 0.762 bits per heavy atom. The van der Waals surface area contributed by atoms with Crippen molar-refractivity contribution in [1.82, 2.24) is 0 Å². The van der Waals surface area contributed by atoms with Gasteiger partial charge in [0, 0.05) is 28.4 Å². The van der Waals surface area contributed by atoms with Crippen molar-refractivity contribution in [2.24, 2.45) is 0 Å². The molecule has 0 fully saturated rings. The molecule has 0 saturated carbocycles. The van der Waals surface area contributed by atoms with E-state index in [0.717, 1.165) is 12.1 Å². The van der Waals surface area contributed by atoms with Crippen LogP contribution in [0.4, 0.5) is 0 Å². The Bertz CT molecular complexity index is 316. The minimum atomic E-state index is -1.65. The molecule has 122 valence electrons. The highest BCUT2D eigenvalue weighted by atomic mass is 28.3. The summed E-state index contributed by atoms with van der Waals surface area (Å²) in [6.07, 6.45) is 0. The highest BCUT2D eigenvalue weighted by Crippen LogP contribution is 2.24. The van der Waals surface area contributed by atoms with E-state index in [1.165, 1.54) is 10.4 Å². The zero-order valence-corrected chi connectivity index (χ0v) is 17.7. The van der Waals surface area contributed by atoms with Crippen molar-refractivity contribution in [3.05, 3.63) is 21.8 Å².